The molecule has 0 N–H and O–H groups in total. The van der Waals surface area contributed by atoms with E-state index in [2.05, 4.69) is 10.2 Å². The first kappa shape index (κ1) is 17.2. The molecule has 0 amide bonds. The van der Waals surface area contributed by atoms with Gasteiger partial charge in [0, 0.05) is 11.1 Å². The highest BCUT2D eigenvalue weighted by Gasteiger charge is 2.20. The normalized spacial score (nSPS) is 12.0. The molecule has 2 aromatic carbocycles. The number of aryl methyl sites for hydroxylation is 1. The highest BCUT2D eigenvalue weighted by molar-refractivity contribution is 8.00. The molecule has 6 heteroatoms. The van der Waals surface area contributed by atoms with Crippen molar-refractivity contribution >= 4 is 17.5 Å². The summed E-state index contributed by atoms with van der Waals surface area (Å²) < 4.78 is 10.8. The Morgan fingerprint density at radius 1 is 1.16 bits per heavy atom. The van der Waals surface area contributed by atoms with E-state index >= 15 is 0 Å². The Morgan fingerprint density at radius 2 is 1.92 bits per heavy atom. The second-order valence-electron chi connectivity index (χ2n) is 5.60. The van der Waals surface area contributed by atoms with Crippen LogP contribution in [0, 0.1) is 6.92 Å². The van der Waals surface area contributed by atoms with Crippen molar-refractivity contribution in [3.8, 4) is 17.2 Å². The highest BCUT2D eigenvalue weighted by Crippen LogP contribution is 2.28. The summed E-state index contributed by atoms with van der Waals surface area (Å²) in [5.41, 5.74) is 2.61. The van der Waals surface area contributed by atoms with Gasteiger partial charge in [0.25, 0.3) is 5.22 Å². The second kappa shape index (κ2) is 7.53. The van der Waals surface area contributed by atoms with Crippen molar-refractivity contribution < 1.29 is 13.9 Å². The molecule has 1 atom stereocenters. The third-order valence-corrected chi connectivity index (χ3v) is 4.63. The van der Waals surface area contributed by atoms with Crippen LogP contribution in [-0.4, -0.2) is 28.3 Å². The van der Waals surface area contributed by atoms with Crippen molar-refractivity contribution in [2.24, 2.45) is 0 Å². The molecule has 3 rings (SSSR count). The number of ether oxygens (including phenoxy) is 1. The number of nitrogens with zero attached hydrogens (tertiary/aromatic N) is 2. The molecule has 0 unspecified atom stereocenters. The second-order valence-corrected chi connectivity index (χ2v) is 6.89. The van der Waals surface area contributed by atoms with Gasteiger partial charge in [-0.25, -0.2) is 0 Å². The lowest BCUT2D eigenvalue weighted by atomic mass is 10.1. The van der Waals surface area contributed by atoms with Gasteiger partial charge in [0.1, 0.15) is 5.75 Å². The van der Waals surface area contributed by atoms with Gasteiger partial charge >= 0.3 is 0 Å². The Morgan fingerprint density at radius 3 is 2.60 bits per heavy atom. The fourth-order valence-electron chi connectivity index (χ4n) is 2.35. The minimum atomic E-state index is -0.334. The lowest BCUT2D eigenvalue weighted by molar-refractivity contribution is 0.0993. The monoisotopic (exact) mass is 354 g/mol. The van der Waals surface area contributed by atoms with Crippen LogP contribution in [0.1, 0.15) is 22.8 Å². The maximum atomic E-state index is 12.5. The molecule has 128 valence electrons. The van der Waals surface area contributed by atoms with Gasteiger partial charge in [-0.3, -0.25) is 4.79 Å². The van der Waals surface area contributed by atoms with Gasteiger partial charge in [0.15, 0.2) is 5.78 Å². The molecule has 0 spiro atoms. The third kappa shape index (κ3) is 4.09. The summed E-state index contributed by atoms with van der Waals surface area (Å²) >= 11 is 1.26. The molecule has 0 aliphatic rings. The van der Waals surface area contributed by atoms with Gasteiger partial charge in [0.05, 0.1) is 12.4 Å². The number of rotatable bonds is 6. The van der Waals surface area contributed by atoms with Gasteiger partial charge in [0.2, 0.25) is 5.89 Å². The van der Waals surface area contributed by atoms with Gasteiger partial charge in [-0.15, -0.1) is 10.2 Å². The standard InChI is InChI=1S/C19H18N2O3S/c1-12-5-4-6-15(11-12)18-20-21-19(24-18)25-13(2)17(22)14-7-9-16(23-3)10-8-14/h4-11,13H,1-3H3/t13-/m1/s1. The van der Waals surface area contributed by atoms with Gasteiger partial charge in [-0.2, -0.15) is 0 Å². The Hall–Kier alpha value is -2.60. The first-order valence-corrected chi connectivity index (χ1v) is 8.70. The van der Waals surface area contributed by atoms with Crippen molar-refractivity contribution in [3.05, 3.63) is 59.7 Å². The van der Waals surface area contributed by atoms with Crippen molar-refractivity contribution in [2.45, 2.75) is 24.3 Å². The number of Topliss-reactive ketones (excluding diaryl/α,β-unsaturated/α-hetero) is 1. The minimum absolute atomic E-state index is 0.00274. The number of thioether (sulfide) groups is 1. The minimum Gasteiger partial charge on any atom is -0.497 e. The molecule has 0 saturated carbocycles. The Kier molecular flexibility index (Phi) is 5.19. The molecule has 0 aliphatic carbocycles. The topological polar surface area (TPSA) is 65.2 Å². The Balaban J connectivity index is 1.70. The van der Waals surface area contributed by atoms with Gasteiger partial charge in [-0.1, -0.05) is 29.5 Å². The van der Waals surface area contributed by atoms with Crippen molar-refractivity contribution in [2.75, 3.05) is 7.11 Å². The average Bonchev–Trinajstić information content (AvgIpc) is 3.09. The number of hydrogen-bond donors (Lipinski definition) is 0. The Bertz CT molecular complexity index is 874. The SMILES string of the molecule is COc1ccc(C(=O)[C@@H](C)Sc2nnc(-c3cccc(C)c3)o2)cc1. The van der Waals surface area contributed by atoms with E-state index in [4.69, 9.17) is 9.15 Å². The quantitative estimate of drug-likeness (QED) is 0.482. The lowest BCUT2D eigenvalue weighted by Gasteiger charge is -2.08. The molecule has 1 heterocycles. The number of carbonyl (C=O) groups excluding carboxylic acids is 1. The molecule has 3 aromatic rings. The molecule has 5 nitrogen and oxygen atoms in total. The van der Waals surface area contributed by atoms with Crippen LogP contribution < -0.4 is 4.74 Å². The molecule has 0 radical (unpaired) electrons. The summed E-state index contributed by atoms with van der Waals surface area (Å²) in [6.07, 6.45) is 0. The lowest BCUT2D eigenvalue weighted by Crippen LogP contribution is -2.13. The van der Waals surface area contributed by atoms with E-state index in [-0.39, 0.29) is 11.0 Å². The molecule has 0 aliphatic heterocycles. The van der Waals surface area contributed by atoms with Crippen molar-refractivity contribution in [1.29, 1.82) is 0 Å². The van der Waals surface area contributed by atoms with Crippen LogP contribution in [0.3, 0.4) is 0 Å². The predicted octanol–water partition coefficient (Wildman–Crippen LogP) is 4.42. The van der Waals surface area contributed by atoms with E-state index < -0.39 is 0 Å². The molecule has 0 fully saturated rings. The van der Waals surface area contributed by atoms with Crippen molar-refractivity contribution in [3.63, 3.8) is 0 Å². The maximum absolute atomic E-state index is 12.5. The van der Waals surface area contributed by atoms with E-state index in [1.54, 1.807) is 31.4 Å². The largest absolute Gasteiger partial charge is 0.497 e. The Labute approximate surface area is 150 Å². The van der Waals surface area contributed by atoms with Crippen LogP contribution in [0.5, 0.6) is 5.75 Å². The van der Waals surface area contributed by atoms with Gasteiger partial charge in [-0.05, 0) is 50.2 Å². The first-order chi connectivity index (χ1) is 12.1. The first-order valence-electron chi connectivity index (χ1n) is 7.82. The smallest absolute Gasteiger partial charge is 0.277 e. The molecule has 1 aromatic heterocycles. The number of benzene rings is 2. The van der Waals surface area contributed by atoms with Crippen LogP contribution in [0.2, 0.25) is 0 Å². The van der Waals surface area contributed by atoms with E-state index in [0.29, 0.717) is 16.7 Å². The number of aromatic nitrogens is 2. The number of carbonyl (C=O) groups is 1. The van der Waals surface area contributed by atoms with Crippen LogP contribution in [0.15, 0.2) is 58.2 Å². The highest BCUT2D eigenvalue weighted by atomic mass is 32.2. The molecule has 0 saturated heterocycles. The zero-order valence-corrected chi connectivity index (χ0v) is 15.0. The fraction of sp³-hybridized carbons (Fsp3) is 0.211. The fourth-order valence-corrected chi connectivity index (χ4v) is 3.11. The third-order valence-electron chi connectivity index (χ3n) is 3.69. The van der Waals surface area contributed by atoms with Crippen molar-refractivity contribution in [1.82, 2.24) is 10.2 Å². The summed E-state index contributed by atoms with van der Waals surface area (Å²) in [6.45, 7) is 3.83. The number of methoxy groups -OCH3 is 1. The van der Waals surface area contributed by atoms with E-state index in [1.807, 2.05) is 38.1 Å². The number of hydrogen-bond acceptors (Lipinski definition) is 6. The average molecular weight is 354 g/mol. The van der Waals surface area contributed by atoms with E-state index in [0.717, 1.165) is 16.9 Å². The molecular formula is C19H18N2O3S. The molecular weight excluding hydrogens is 336 g/mol. The predicted molar refractivity (Wildman–Crippen MR) is 97.1 cm³/mol. The molecule has 0 bridgehead atoms. The molecule has 25 heavy (non-hydrogen) atoms. The van der Waals surface area contributed by atoms with Crippen LogP contribution in [-0.2, 0) is 0 Å². The van der Waals surface area contributed by atoms with E-state index in [1.165, 1.54) is 11.8 Å². The number of ketones is 1. The zero-order chi connectivity index (χ0) is 17.8. The van der Waals surface area contributed by atoms with E-state index in [9.17, 15) is 4.79 Å². The summed E-state index contributed by atoms with van der Waals surface area (Å²) in [7, 11) is 1.59. The van der Waals surface area contributed by atoms with Gasteiger partial charge < -0.3 is 9.15 Å². The summed E-state index contributed by atoms with van der Waals surface area (Å²) in [6, 6.07) is 14.9. The summed E-state index contributed by atoms with van der Waals surface area (Å²) in [4.78, 5) is 12.5. The van der Waals surface area contributed by atoms with Crippen LogP contribution in [0.4, 0.5) is 0 Å². The zero-order valence-electron chi connectivity index (χ0n) is 14.2. The maximum Gasteiger partial charge on any atom is 0.277 e. The van der Waals surface area contributed by atoms with Crippen LogP contribution in [0.25, 0.3) is 11.5 Å². The summed E-state index contributed by atoms with van der Waals surface area (Å²) in [5.74, 6) is 1.18. The van der Waals surface area contributed by atoms with Crippen LogP contribution >= 0.6 is 11.8 Å². The summed E-state index contributed by atoms with van der Waals surface area (Å²) in [5, 5.41) is 8.16.